The quantitative estimate of drug-likeness (QED) is 0.611. The number of alkyl halides is 3. The summed E-state index contributed by atoms with van der Waals surface area (Å²) in [6.07, 6.45) is -2.04. The van der Waals surface area contributed by atoms with Crippen molar-refractivity contribution in [2.24, 2.45) is 0 Å². The van der Waals surface area contributed by atoms with Crippen molar-refractivity contribution in [1.29, 1.82) is 0 Å². The average Bonchev–Trinajstić information content (AvgIpc) is 2.35. The van der Waals surface area contributed by atoms with Gasteiger partial charge < -0.3 is 14.2 Å². The van der Waals surface area contributed by atoms with Gasteiger partial charge in [0.15, 0.2) is 6.10 Å². The van der Waals surface area contributed by atoms with Crippen LogP contribution in [0.5, 0.6) is 5.75 Å². The van der Waals surface area contributed by atoms with E-state index in [2.05, 4.69) is 4.74 Å². The van der Waals surface area contributed by atoms with Gasteiger partial charge in [0.1, 0.15) is 5.75 Å². The Kier molecular flexibility index (Phi) is 6.04. The van der Waals surface area contributed by atoms with Crippen LogP contribution < -0.4 is 4.74 Å². The van der Waals surface area contributed by atoms with Crippen molar-refractivity contribution in [3.63, 3.8) is 0 Å². The molecule has 0 spiro atoms. The van der Waals surface area contributed by atoms with Gasteiger partial charge in [0.05, 0.1) is 13.7 Å². The fourth-order valence-corrected chi connectivity index (χ4v) is 1.92. The number of ether oxygens (including phenoxy) is 3. The molecule has 1 atom stereocenters. The minimum atomic E-state index is -1.85. The molecule has 7 heteroatoms. The Morgan fingerprint density at radius 3 is 2.47 bits per heavy atom. The zero-order chi connectivity index (χ0) is 14.5. The standard InChI is InChI=1S/C12H13Cl3O4/c1-3-18-11(16)19-10(12(13,14)15)8-6-4-5-7-9(8)17-2/h4-7,10H,3H2,1-2H3. The predicted molar refractivity (Wildman–Crippen MR) is 74.1 cm³/mol. The third-order valence-electron chi connectivity index (χ3n) is 2.19. The van der Waals surface area contributed by atoms with Crippen molar-refractivity contribution in [2.75, 3.05) is 13.7 Å². The molecule has 0 radical (unpaired) electrons. The Morgan fingerprint density at radius 1 is 1.32 bits per heavy atom. The molecule has 0 N–H and O–H groups in total. The molecular formula is C12H13Cl3O4. The SMILES string of the molecule is CCOC(=O)OC(c1ccccc1OC)C(Cl)(Cl)Cl. The maximum Gasteiger partial charge on any atom is 0.509 e. The van der Waals surface area contributed by atoms with Gasteiger partial charge in [-0.05, 0) is 13.0 Å². The van der Waals surface area contributed by atoms with Gasteiger partial charge in [-0.2, -0.15) is 0 Å². The highest BCUT2D eigenvalue weighted by atomic mass is 35.6. The van der Waals surface area contributed by atoms with Gasteiger partial charge in [0.25, 0.3) is 0 Å². The molecule has 1 aromatic rings. The van der Waals surface area contributed by atoms with Crippen molar-refractivity contribution in [1.82, 2.24) is 0 Å². The second-order valence-electron chi connectivity index (χ2n) is 3.46. The first-order valence-corrected chi connectivity index (χ1v) is 6.56. The van der Waals surface area contributed by atoms with E-state index < -0.39 is 16.1 Å². The third-order valence-corrected chi connectivity index (χ3v) is 2.79. The highest BCUT2D eigenvalue weighted by molar-refractivity contribution is 6.68. The summed E-state index contributed by atoms with van der Waals surface area (Å²) in [6, 6.07) is 6.79. The first-order chi connectivity index (χ1) is 8.90. The number of hydrogen-bond acceptors (Lipinski definition) is 4. The fourth-order valence-electron chi connectivity index (χ4n) is 1.44. The van der Waals surface area contributed by atoms with Crippen molar-refractivity contribution < 1.29 is 19.0 Å². The minimum Gasteiger partial charge on any atom is -0.496 e. The summed E-state index contributed by atoms with van der Waals surface area (Å²) >= 11 is 17.5. The minimum absolute atomic E-state index is 0.164. The van der Waals surface area contributed by atoms with Crippen LogP contribution in [0.3, 0.4) is 0 Å². The highest BCUT2D eigenvalue weighted by Crippen LogP contribution is 2.45. The van der Waals surface area contributed by atoms with E-state index in [0.29, 0.717) is 11.3 Å². The fraction of sp³-hybridized carbons (Fsp3) is 0.417. The van der Waals surface area contributed by atoms with Crippen LogP contribution in [0.2, 0.25) is 0 Å². The second kappa shape index (κ2) is 7.08. The van der Waals surface area contributed by atoms with Crippen molar-refractivity contribution in [2.45, 2.75) is 16.8 Å². The van der Waals surface area contributed by atoms with Gasteiger partial charge in [0, 0.05) is 5.56 Å². The molecule has 0 heterocycles. The maximum absolute atomic E-state index is 11.4. The Hall–Kier alpha value is -0.840. The first-order valence-electron chi connectivity index (χ1n) is 5.43. The summed E-state index contributed by atoms with van der Waals surface area (Å²) in [5, 5.41) is 0. The van der Waals surface area contributed by atoms with Crippen LogP contribution in [0.15, 0.2) is 24.3 Å². The molecule has 19 heavy (non-hydrogen) atoms. The van der Waals surface area contributed by atoms with Crippen LogP contribution in [-0.4, -0.2) is 23.7 Å². The molecule has 1 unspecified atom stereocenters. The molecule has 0 saturated heterocycles. The zero-order valence-electron chi connectivity index (χ0n) is 10.4. The van der Waals surface area contributed by atoms with Crippen LogP contribution in [0, 0.1) is 0 Å². The van der Waals surface area contributed by atoms with E-state index in [4.69, 9.17) is 44.3 Å². The lowest BCUT2D eigenvalue weighted by molar-refractivity contribution is 0.0260. The molecule has 1 aromatic carbocycles. The van der Waals surface area contributed by atoms with Gasteiger partial charge in [0.2, 0.25) is 3.79 Å². The number of rotatable bonds is 4. The molecule has 0 bridgehead atoms. The van der Waals surface area contributed by atoms with E-state index in [-0.39, 0.29) is 6.61 Å². The number of benzene rings is 1. The number of carbonyl (C=O) groups is 1. The van der Waals surface area contributed by atoms with Gasteiger partial charge in [-0.1, -0.05) is 53.0 Å². The van der Waals surface area contributed by atoms with Gasteiger partial charge in [-0.25, -0.2) is 4.79 Å². The molecule has 0 saturated carbocycles. The zero-order valence-corrected chi connectivity index (χ0v) is 12.6. The van der Waals surface area contributed by atoms with Crippen LogP contribution in [-0.2, 0) is 9.47 Å². The number of hydrogen-bond donors (Lipinski definition) is 0. The van der Waals surface area contributed by atoms with Crippen molar-refractivity contribution in [3.8, 4) is 5.75 Å². The molecule has 0 amide bonds. The molecule has 1 rings (SSSR count). The van der Waals surface area contributed by atoms with E-state index in [1.54, 1.807) is 31.2 Å². The Bertz CT molecular complexity index is 431. The lowest BCUT2D eigenvalue weighted by atomic mass is 10.1. The third kappa shape index (κ3) is 4.64. The van der Waals surface area contributed by atoms with E-state index >= 15 is 0 Å². The Morgan fingerprint density at radius 2 is 1.95 bits per heavy atom. The van der Waals surface area contributed by atoms with Crippen LogP contribution in [0.25, 0.3) is 0 Å². The van der Waals surface area contributed by atoms with Gasteiger partial charge >= 0.3 is 6.16 Å². The normalized spacial score (nSPS) is 12.7. The maximum atomic E-state index is 11.4. The molecule has 4 nitrogen and oxygen atoms in total. The molecule has 0 fully saturated rings. The summed E-state index contributed by atoms with van der Waals surface area (Å²) in [7, 11) is 1.47. The highest BCUT2D eigenvalue weighted by Gasteiger charge is 2.39. The van der Waals surface area contributed by atoms with Crippen LogP contribution in [0.4, 0.5) is 4.79 Å². The van der Waals surface area contributed by atoms with Crippen molar-refractivity contribution >= 4 is 41.0 Å². The largest absolute Gasteiger partial charge is 0.509 e. The van der Waals surface area contributed by atoms with Gasteiger partial charge in [-0.15, -0.1) is 0 Å². The number of halogens is 3. The van der Waals surface area contributed by atoms with Gasteiger partial charge in [-0.3, -0.25) is 0 Å². The predicted octanol–water partition coefficient (Wildman–Crippen LogP) is 4.28. The summed E-state index contributed by atoms with van der Waals surface area (Å²) in [4.78, 5) is 11.4. The van der Waals surface area contributed by atoms with Crippen molar-refractivity contribution in [3.05, 3.63) is 29.8 Å². The Balaban J connectivity index is 3.07. The number of methoxy groups -OCH3 is 1. The summed E-state index contributed by atoms with van der Waals surface area (Å²) in [5.41, 5.74) is 0.443. The van der Waals surface area contributed by atoms with E-state index in [9.17, 15) is 4.79 Å². The summed E-state index contributed by atoms with van der Waals surface area (Å²) in [6.45, 7) is 1.81. The average molecular weight is 328 g/mol. The van der Waals surface area contributed by atoms with Crippen LogP contribution >= 0.6 is 34.8 Å². The smallest absolute Gasteiger partial charge is 0.496 e. The first kappa shape index (κ1) is 16.2. The van der Waals surface area contributed by atoms with E-state index in [0.717, 1.165) is 0 Å². The topological polar surface area (TPSA) is 44.8 Å². The number of para-hydroxylation sites is 1. The second-order valence-corrected chi connectivity index (χ2v) is 5.83. The summed E-state index contributed by atoms with van der Waals surface area (Å²) in [5.74, 6) is 0.447. The lowest BCUT2D eigenvalue weighted by Gasteiger charge is -2.25. The molecule has 0 aromatic heterocycles. The number of carbonyl (C=O) groups excluding carboxylic acids is 1. The lowest BCUT2D eigenvalue weighted by Crippen LogP contribution is -2.24. The van der Waals surface area contributed by atoms with E-state index in [1.807, 2.05) is 0 Å². The van der Waals surface area contributed by atoms with Crippen LogP contribution in [0.1, 0.15) is 18.6 Å². The molecule has 0 aliphatic carbocycles. The molecule has 0 aliphatic heterocycles. The van der Waals surface area contributed by atoms with E-state index in [1.165, 1.54) is 7.11 Å². The monoisotopic (exact) mass is 326 g/mol. The Labute approximate surface area is 126 Å². The molecule has 0 aliphatic rings. The molecular weight excluding hydrogens is 314 g/mol. The molecule has 106 valence electrons. The summed E-state index contributed by atoms with van der Waals surface area (Å²) < 4.78 is 13.0.